The van der Waals surface area contributed by atoms with Gasteiger partial charge < -0.3 is 20.6 Å². The molecule has 3 N–H and O–H groups in total. The van der Waals surface area contributed by atoms with E-state index in [2.05, 4.69) is 0 Å². The Morgan fingerprint density at radius 1 is 1.17 bits per heavy atom. The summed E-state index contributed by atoms with van der Waals surface area (Å²) in [5.74, 6) is -0.912. The van der Waals surface area contributed by atoms with Crippen LogP contribution >= 0.6 is 0 Å². The summed E-state index contributed by atoms with van der Waals surface area (Å²) in [5.41, 5.74) is 5.40. The fourth-order valence-electron chi connectivity index (χ4n) is 1.54. The van der Waals surface area contributed by atoms with Crippen LogP contribution in [-0.2, 0) is 9.59 Å². The van der Waals surface area contributed by atoms with Crippen molar-refractivity contribution in [3.8, 4) is 0 Å². The monoisotopic (exact) mass is 259 g/mol. The van der Waals surface area contributed by atoms with E-state index in [1.54, 1.807) is 11.8 Å². The van der Waals surface area contributed by atoms with Crippen molar-refractivity contribution in [2.75, 3.05) is 33.7 Å². The number of carboxylic acids is 1. The average molecular weight is 259 g/mol. The van der Waals surface area contributed by atoms with Crippen LogP contribution in [0.25, 0.3) is 0 Å². The van der Waals surface area contributed by atoms with Crippen molar-refractivity contribution in [1.29, 1.82) is 0 Å². The minimum absolute atomic E-state index is 0.0550. The Morgan fingerprint density at radius 2 is 1.78 bits per heavy atom. The van der Waals surface area contributed by atoms with Crippen molar-refractivity contribution in [2.45, 2.75) is 32.2 Å². The number of nitrogens with two attached hydrogens (primary N) is 1. The summed E-state index contributed by atoms with van der Waals surface area (Å²) in [6, 6.07) is -0.794. The van der Waals surface area contributed by atoms with Crippen LogP contribution in [0.15, 0.2) is 0 Å². The van der Waals surface area contributed by atoms with E-state index >= 15 is 0 Å². The van der Waals surface area contributed by atoms with E-state index < -0.39 is 12.0 Å². The minimum atomic E-state index is -0.967. The standard InChI is InChI=1S/C12H25N3O3/c1-10(16)15(9-8-14(2)3)7-5-4-6-11(13)12(17)18/h11H,4-9,13H2,1-3H3,(H,17,18)/t11-/m0/s1. The number of carboxylic acid groups (broad SMARTS) is 1. The number of amides is 1. The highest BCUT2D eigenvalue weighted by Crippen LogP contribution is 2.02. The summed E-state index contributed by atoms with van der Waals surface area (Å²) in [4.78, 5) is 25.7. The molecule has 0 radical (unpaired) electrons. The van der Waals surface area contributed by atoms with Gasteiger partial charge in [-0.05, 0) is 33.4 Å². The molecule has 0 rings (SSSR count). The second-order valence-corrected chi connectivity index (χ2v) is 4.75. The van der Waals surface area contributed by atoms with Crippen molar-refractivity contribution in [3.05, 3.63) is 0 Å². The quantitative estimate of drug-likeness (QED) is 0.568. The topological polar surface area (TPSA) is 86.9 Å². The molecular formula is C12H25N3O3. The van der Waals surface area contributed by atoms with Crippen LogP contribution in [0.4, 0.5) is 0 Å². The largest absolute Gasteiger partial charge is 0.480 e. The highest BCUT2D eigenvalue weighted by molar-refractivity contribution is 5.73. The fourth-order valence-corrected chi connectivity index (χ4v) is 1.54. The van der Waals surface area contributed by atoms with Gasteiger partial charge in [0, 0.05) is 26.6 Å². The van der Waals surface area contributed by atoms with E-state index in [1.165, 1.54) is 0 Å². The second-order valence-electron chi connectivity index (χ2n) is 4.75. The third-order valence-corrected chi connectivity index (χ3v) is 2.77. The van der Waals surface area contributed by atoms with Crippen molar-refractivity contribution in [1.82, 2.24) is 9.80 Å². The van der Waals surface area contributed by atoms with Gasteiger partial charge in [-0.15, -0.1) is 0 Å². The van der Waals surface area contributed by atoms with Crippen molar-refractivity contribution in [3.63, 3.8) is 0 Å². The molecule has 0 unspecified atom stereocenters. The van der Waals surface area contributed by atoms with Crippen LogP contribution in [0, 0.1) is 0 Å². The first-order valence-electron chi connectivity index (χ1n) is 6.23. The molecule has 0 fully saturated rings. The Kier molecular flexibility index (Phi) is 8.32. The molecular weight excluding hydrogens is 234 g/mol. The Bertz CT molecular complexity index is 269. The molecule has 0 saturated heterocycles. The zero-order valence-electron chi connectivity index (χ0n) is 11.6. The maximum absolute atomic E-state index is 11.4. The molecule has 6 nitrogen and oxygen atoms in total. The third-order valence-electron chi connectivity index (χ3n) is 2.77. The van der Waals surface area contributed by atoms with Crippen molar-refractivity contribution in [2.24, 2.45) is 5.73 Å². The van der Waals surface area contributed by atoms with E-state index in [1.807, 2.05) is 19.0 Å². The third kappa shape index (κ3) is 8.03. The van der Waals surface area contributed by atoms with Gasteiger partial charge in [-0.2, -0.15) is 0 Å². The fraction of sp³-hybridized carbons (Fsp3) is 0.833. The number of likely N-dealkylation sites (N-methyl/N-ethyl adjacent to an activating group) is 1. The predicted octanol–water partition coefficient (Wildman–Crippen LogP) is -0.0213. The lowest BCUT2D eigenvalue weighted by atomic mass is 10.1. The Morgan fingerprint density at radius 3 is 2.22 bits per heavy atom. The van der Waals surface area contributed by atoms with Crippen LogP contribution in [-0.4, -0.2) is 66.6 Å². The summed E-state index contributed by atoms with van der Waals surface area (Å²) >= 11 is 0. The first kappa shape index (κ1) is 16.9. The van der Waals surface area contributed by atoms with Crippen LogP contribution in [0.2, 0.25) is 0 Å². The van der Waals surface area contributed by atoms with Gasteiger partial charge in [0.15, 0.2) is 0 Å². The molecule has 0 aromatic heterocycles. The number of carbonyl (C=O) groups is 2. The second kappa shape index (κ2) is 8.88. The van der Waals surface area contributed by atoms with Gasteiger partial charge in [0.1, 0.15) is 6.04 Å². The number of carbonyl (C=O) groups excluding carboxylic acids is 1. The molecule has 0 aromatic rings. The first-order chi connectivity index (χ1) is 8.34. The predicted molar refractivity (Wildman–Crippen MR) is 70.3 cm³/mol. The minimum Gasteiger partial charge on any atom is -0.480 e. The Balaban J connectivity index is 3.84. The van der Waals surface area contributed by atoms with E-state index in [-0.39, 0.29) is 5.91 Å². The van der Waals surface area contributed by atoms with Gasteiger partial charge in [0.2, 0.25) is 5.91 Å². The molecule has 6 heteroatoms. The van der Waals surface area contributed by atoms with E-state index in [9.17, 15) is 9.59 Å². The number of nitrogens with zero attached hydrogens (tertiary/aromatic N) is 2. The smallest absolute Gasteiger partial charge is 0.320 e. The molecule has 0 aliphatic carbocycles. The van der Waals surface area contributed by atoms with Crippen molar-refractivity contribution >= 4 is 11.9 Å². The maximum Gasteiger partial charge on any atom is 0.320 e. The number of hydrogen-bond acceptors (Lipinski definition) is 4. The number of unbranched alkanes of at least 4 members (excludes halogenated alkanes) is 1. The lowest BCUT2D eigenvalue weighted by Crippen LogP contribution is -2.36. The maximum atomic E-state index is 11.4. The summed E-state index contributed by atoms with van der Waals surface area (Å²) in [6.45, 7) is 3.75. The SMILES string of the molecule is CC(=O)N(CCCC[C@H](N)C(=O)O)CCN(C)C. The Labute approximate surface area is 109 Å². The zero-order valence-corrected chi connectivity index (χ0v) is 11.6. The highest BCUT2D eigenvalue weighted by Gasteiger charge is 2.12. The molecule has 1 amide bonds. The van der Waals surface area contributed by atoms with Crippen LogP contribution in [0.1, 0.15) is 26.2 Å². The van der Waals surface area contributed by atoms with E-state index in [4.69, 9.17) is 10.8 Å². The molecule has 0 saturated carbocycles. The van der Waals surface area contributed by atoms with Gasteiger partial charge in [0.25, 0.3) is 0 Å². The summed E-state index contributed by atoms with van der Waals surface area (Å²) in [7, 11) is 3.92. The highest BCUT2D eigenvalue weighted by atomic mass is 16.4. The molecule has 106 valence electrons. The molecule has 0 heterocycles. The zero-order chi connectivity index (χ0) is 14.1. The van der Waals surface area contributed by atoms with Crippen molar-refractivity contribution < 1.29 is 14.7 Å². The van der Waals surface area contributed by atoms with Gasteiger partial charge in [-0.1, -0.05) is 0 Å². The van der Waals surface area contributed by atoms with Crippen LogP contribution < -0.4 is 5.73 Å². The average Bonchev–Trinajstić information content (AvgIpc) is 2.26. The van der Waals surface area contributed by atoms with Gasteiger partial charge in [-0.3, -0.25) is 9.59 Å². The summed E-state index contributed by atoms with van der Waals surface area (Å²) in [6.07, 6.45) is 1.96. The number of hydrogen-bond donors (Lipinski definition) is 2. The van der Waals surface area contributed by atoms with Gasteiger partial charge >= 0.3 is 5.97 Å². The summed E-state index contributed by atoms with van der Waals surface area (Å²) in [5, 5.41) is 8.63. The lowest BCUT2D eigenvalue weighted by Gasteiger charge is -2.23. The number of rotatable bonds is 9. The molecule has 18 heavy (non-hydrogen) atoms. The molecule has 0 spiro atoms. The molecule has 1 atom stereocenters. The summed E-state index contributed by atoms with van der Waals surface area (Å²) < 4.78 is 0. The molecule has 0 aliphatic heterocycles. The van der Waals surface area contributed by atoms with Gasteiger partial charge in [0.05, 0.1) is 0 Å². The lowest BCUT2D eigenvalue weighted by molar-refractivity contribution is -0.138. The molecule has 0 aliphatic rings. The van der Waals surface area contributed by atoms with Crippen LogP contribution in [0.3, 0.4) is 0 Å². The van der Waals surface area contributed by atoms with Crippen LogP contribution in [0.5, 0.6) is 0 Å². The van der Waals surface area contributed by atoms with Gasteiger partial charge in [-0.25, -0.2) is 0 Å². The molecule has 0 bridgehead atoms. The first-order valence-corrected chi connectivity index (χ1v) is 6.23. The van der Waals surface area contributed by atoms with E-state index in [0.717, 1.165) is 19.4 Å². The number of aliphatic carboxylic acids is 1. The molecule has 0 aromatic carbocycles. The van der Waals surface area contributed by atoms with E-state index in [0.29, 0.717) is 19.5 Å². The Hall–Kier alpha value is -1.14. The normalized spacial score (nSPS) is 12.5.